The van der Waals surface area contributed by atoms with Crippen LogP contribution in [0.2, 0.25) is 0 Å². The molecular weight excluding hydrogens is 390 g/mol. The number of rotatable bonds is 6. The molecule has 3 aromatic rings. The summed E-state index contributed by atoms with van der Waals surface area (Å²) in [5.74, 6) is 1.34. The van der Waals surface area contributed by atoms with E-state index in [1.54, 1.807) is 0 Å². The Kier molecular flexibility index (Phi) is 5.48. The van der Waals surface area contributed by atoms with E-state index >= 15 is 0 Å². The Balaban J connectivity index is 1.91. The van der Waals surface area contributed by atoms with Gasteiger partial charge < -0.3 is 14.4 Å². The van der Waals surface area contributed by atoms with E-state index in [4.69, 9.17) is 9.47 Å². The minimum Gasteiger partial charge on any atom is -0.490 e. The van der Waals surface area contributed by atoms with E-state index < -0.39 is 0 Å². The summed E-state index contributed by atoms with van der Waals surface area (Å²) in [6.07, 6.45) is 0. The first-order valence-electron chi connectivity index (χ1n) is 10.7. The summed E-state index contributed by atoms with van der Waals surface area (Å²) in [4.78, 5) is 15.4. The van der Waals surface area contributed by atoms with E-state index in [2.05, 4.69) is 31.0 Å². The van der Waals surface area contributed by atoms with Crippen LogP contribution in [0.1, 0.15) is 62.3 Å². The van der Waals surface area contributed by atoms with Crippen molar-refractivity contribution in [2.24, 2.45) is 0 Å². The van der Waals surface area contributed by atoms with Crippen LogP contribution in [0.25, 0.3) is 11.3 Å². The van der Waals surface area contributed by atoms with E-state index in [-0.39, 0.29) is 17.5 Å². The molecule has 0 spiro atoms. The minimum absolute atomic E-state index is 0.0472. The smallest absolute Gasteiger partial charge is 0.273 e. The quantitative estimate of drug-likeness (QED) is 0.595. The molecule has 0 saturated carbocycles. The Morgan fingerprint density at radius 2 is 1.68 bits per heavy atom. The Morgan fingerprint density at radius 3 is 2.32 bits per heavy atom. The number of aromatic nitrogens is 2. The van der Waals surface area contributed by atoms with Gasteiger partial charge in [-0.3, -0.25) is 9.89 Å². The molecule has 0 bridgehead atoms. The van der Waals surface area contributed by atoms with Crippen LogP contribution in [0.4, 0.5) is 0 Å². The molecule has 1 aliphatic rings. The van der Waals surface area contributed by atoms with E-state index in [1.807, 2.05) is 67.3 Å². The highest BCUT2D eigenvalue weighted by molar-refractivity contribution is 6.00. The van der Waals surface area contributed by atoms with Crippen molar-refractivity contribution in [3.63, 3.8) is 0 Å². The Morgan fingerprint density at radius 1 is 1.00 bits per heavy atom. The number of fused-ring (bicyclic) bond motifs is 1. The number of carbonyl (C=O) groups excluding carboxylic acids is 1. The molecule has 1 unspecified atom stereocenters. The summed E-state index contributed by atoms with van der Waals surface area (Å²) < 4.78 is 11.6. The molecule has 6 nitrogen and oxygen atoms in total. The fourth-order valence-electron chi connectivity index (χ4n) is 4.21. The molecule has 0 fully saturated rings. The molecule has 2 aromatic carbocycles. The lowest BCUT2D eigenvalue weighted by Crippen LogP contribution is -2.44. The highest BCUT2D eigenvalue weighted by Gasteiger charge is 2.46. The fourth-order valence-corrected chi connectivity index (χ4v) is 4.21. The van der Waals surface area contributed by atoms with Gasteiger partial charge in [0.1, 0.15) is 5.69 Å². The normalized spacial score (nSPS) is 15.8. The second kappa shape index (κ2) is 8.10. The third kappa shape index (κ3) is 3.67. The Labute approximate surface area is 183 Å². The molecule has 162 valence electrons. The van der Waals surface area contributed by atoms with Crippen molar-refractivity contribution in [3.05, 3.63) is 65.4 Å². The lowest BCUT2D eigenvalue weighted by molar-refractivity contribution is 0.0545. The third-order valence-electron chi connectivity index (χ3n) is 5.42. The van der Waals surface area contributed by atoms with Crippen LogP contribution in [-0.2, 0) is 0 Å². The summed E-state index contributed by atoms with van der Waals surface area (Å²) in [7, 11) is 0. The number of carbonyl (C=O) groups is 1. The van der Waals surface area contributed by atoms with Crippen LogP contribution < -0.4 is 9.47 Å². The second-order valence-electron chi connectivity index (χ2n) is 8.55. The Bertz CT molecular complexity index is 1080. The topological polar surface area (TPSA) is 67.5 Å². The SMILES string of the molecule is CCOc1ccc(C2c3c(-c4ccccc4)n[nH]c3C(=O)N2C(C)(C)C)cc1OCC. The van der Waals surface area contributed by atoms with Crippen molar-refractivity contribution < 1.29 is 14.3 Å². The van der Waals surface area contributed by atoms with Crippen molar-refractivity contribution in [3.8, 4) is 22.8 Å². The number of amides is 1. The molecule has 1 N–H and O–H groups in total. The second-order valence-corrected chi connectivity index (χ2v) is 8.55. The number of benzene rings is 2. The molecule has 1 aromatic heterocycles. The molecule has 2 heterocycles. The van der Waals surface area contributed by atoms with Crippen LogP contribution in [0.5, 0.6) is 11.5 Å². The summed E-state index contributed by atoms with van der Waals surface area (Å²) in [6.45, 7) is 11.1. The van der Waals surface area contributed by atoms with Crippen molar-refractivity contribution in [1.82, 2.24) is 15.1 Å². The first-order chi connectivity index (χ1) is 14.9. The summed E-state index contributed by atoms with van der Waals surface area (Å²) >= 11 is 0. The van der Waals surface area contributed by atoms with Gasteiger partial charge >= 0.3 is 0 Å². The number of nitrogens with zero attached hydrogens (tertiary/aromatic N) is 2. The van der Waals surface area contributed by atoms with Crippen LogP contribution in [0.15, 0.2) is 48.5 Å². The Hall–Kier alpha value is -3.28. The maximum atomic E-state index is 13.5. The van der Waals surface area contributed by atoms with Crippen molar-refractivity contribution >= 4 is 5.91 Å². The average molecular weight is 420 g/mol. The molecule has 0 aliphatic carbocycles. The predicted octanol–water partition coefficient (Wildman–Crippen LogP) is 5.22. The fraction of sp³-hybridized carbons (Fsp3) is 0.360. The van der Waals surface area contributed by atoms with E-state index in [0.717, 1.165) is 22.4 Å². The van der Waals surface area contributed by atoms with Crippen LogP contribution in [-0.4, -0.2) is 39.8 Å². The van der Waals surface area contributed by atoms with Crippen LogP contribution in [0.3, 0.4) is 0 Å². The lowest BCUT2D eigenvalue weighted by Gasteiger charge is -2.38. The number of nitrogens with one attached hydrogen (secondary N) is 1. The van der Waals surface area contributed by atoms with Gasteiger partial charge in [0.15, 0.2) is 11.5 Å². The van der Waals surface area contributed by atoms with Gasteiger partial charge in [0.25, 0.3) is 5.91 Å². The van der Waals surface area contributed by atoms with E-state index in [1.165, 1.54) is 0 Å². The molecule has 31 heavy (non-hydrogen) atoms. The molecular formula is C25H29N3O3. The first-order valence-corrected chi connectivity index (χ1v) is 10.7. The van der Waals surface area contributed by atoms with Gasteiger partial charge in [-0.05, 0) is 52.3 Å². The van der Waals surface area contributed by atoms with Gasteiger partial charge in [-0.2, -0.15) is 5.10 Å². The highest BCUT2D eigenvalue weighted by Crippen LogP contribution is 2.47. The molecule has 0 radical (unpaired) electrons. The van der Waals surface area contributed by atoms with Gasteiger partial charge in [-0.1, -0.05) is 36.4 Å². The zero-order valence-electron chi connectivity index (χ0n) is 18.7. The summed E-state index contributed by atoms with van der Waals surface area (Å²) in [5, 5.41) is 7.54. The lowest BCUT2D eigenvalue weighted by atomic mass is 9.93. The molecule has 1 atom stereocenters. The molecule has 4 rings (SSSR count). The van der Waals surface area contributed by atoms with Gasteiger partial charge in [0, 0.05) is 16.7 Å². The zero-order chi connectivity index (χ0) is 22.2. The minimum atomic E-state index is -0.389. The van der Waals surface area contributed by atoms with E-state index in [9.17, 15) is 4.79 Å². The van der Waals surface area contributed by atoms with E-state index in [0.29, 0.717) is 30.4 Å². The maximum absolute atomic E-state index is 13.5. The van der Waals surface area contributed by atoms with Crippen LogP contribution in [0, 0.1) is 0 Å². The van der Waals surface area contributed by atoms with Gasteiger partial charge in [0.2, 0.25) is 0 Å². The van der Waals surface area contributed by atoms with Gasteiger partial charge in [-0.15, -0.1) is 0 Å². The number of hydrogen-bond acceptors (Lipinski definition) is 4. The van der Waals surface area contributed by atoms with Crippen molar-refractivity contribution in [2.45, 2.75) is 46.2 Å². The summed E-state index contributed by atoms with van der Waals surface area (Å²) in [5.41, 5.74) is 3.80. The average Bonchev–Trinajstić information content (AvgIpc) is 3.29. The largest absolute Gasteiger partial charge is 0.490 e. The maximum Gasteiger partial charge on any atom is 0.273 e. The summed E-state index contributed by atoms with van der Waals surface area (Å²) in [6, 6.07) is 15.6. The number of H-pyrrole nitrogens is 1. The highest BCUT2D eigenvalue weighted by atomic mass is 16.5. The van der Waals surface area contributed by atoms with Crippen molar-refractivity contribution in [2.75, 3.05) is 13.2 Å². The monoisotopic (exact) mass is 419 g/mol. The number of aromatic amines is 1. The van der Waals surface area contributed by atoms with Crippen molar-refractivity contribution in [1.29, 1.82) is 0 Å². The van der Waals surface area contributed by atoms with Crippen LogP contribution >= 0.6 is 0 Å². The number of hydrogen-bond donors (Lipinski definition) is 1. The first kappa shape index (κ1) is 21.0. The molecule has 6 heteroatoms. The third-order valence-corrected chi connectivity index (χ3v) is 5.42. The predicted molar refractivity (Wildman–Crippen MR) is 121 cm³/mol. The number of ether oxygens (including phenoxy) is 2. The van der Waals surface area contributed by atoms with Gasteiger partial charge in [0.05, 0.1) is 24.9 Å². The molecule has 0 saturated heterocycles. The molecule has 1 amide bonds. The van der Waals surface area contributed by atoms with Gasteiger partial charge in [-0.25, -0.2) is 0 Å². The standard InChI is InChI=1S/C25H29N3O3/c1-6-30-18-14-13-17(15-19(18)31-7-2)23-20-21(16-11-9-8-10-12-16)26-27-22(20)24(29)28(23)25(3,4)5/h8-15,23H,6-7H2,1-5H3,(H,26,27). The molecule has 1 aliphatic heterocycles. The zero-order valence-corrected chi connectivity index (χ0v) is 18.7.